The molecular weight excluding hydrogens is 326 g/mol. The molecule has 0 saturated heterocycles. The number of carbonyl (C=O) groups excluding carboxylic acids is 1. The maximum atomic E-state index is 12.3. The Morgan fingerprint density at radius 3 is 2.83 bits per heavy atom. The van der Waals surface area contributed by atoms with Gasteiger partial charge in [0.1, 0.15) is 18.1 Å². The van der Waals surface area contributed by atoms with Crippen LogP contribution in [0.5, 0.6) is 5.75 Å². The summed E-state index contributed by atoms with van der Waals surface area (Å²) >= 11 is 6.13. The minimum atomic E-state index is -0.420. The third-order valence-electron chi connectivity index (χ3n) is 4.13. The van der Waals surface area contributed by atoms with Crippen LogP contribution in [0.1, 0.15) is 16.1 Å². The van der Waals surface area contributed by atoms with Gasteiger partial charge in [-0.15, -0.1) is 0 Å². The van der Waals surface area contributed by atoms with Gasteiger partial charge in [0.05, 0.1) is 12.8 Å². The number of fused-ring (bicyclic) bond motifs is 3. The zero-order valence-electron chi connectivity index (χ0n) is 12.9. The van der Waals surface area contributed by atoms with Crippen molar-refractivity contribution in [2.24, 2.45) is 0 Å². The number of hydrogen-bond donors (Lipinski definition) is 1. The Labute approximate surface area is 144 Å². The van der Waals surface area contributed by atoms with Gasteiger partial charge in [0.2, 0.25) is 0 Å². The van der Waals surface area contributed by atoms with E-state index in [1.54, 1.807) is 6.07 Å². The first-order chi connectivity index (χ1) is 11.7. The van der Waals surface area contributed by atoms with E-state index in [4.69, 9.17) is 21.1 Å². The van der Waals surface area contributed by atoms with Gasteiger partial charge >= 0.3 is 5.97 Å². The molecule has 0 saturated carbocycles. The maximum absolute atomic E-state index is 12.3. The summed E-state index contributed by atoms with van der Waals surface area (Å²) < 4.78 is 10.8. The van der Waals surface area contributed by atoms with Crippen LogP contribution in [0.15, 0.2) is 48.5 Å². The molecule has 24 heavy (non-hydrogen) atoms. The molecule has 4 nitrogen and oxygen atoms in total. The smallest absolute Gasteiger partial charge is 0.355 e. The molecule has 1 aromatic heterocycles. The number of halogens is 1. The third-order valence-corrected chi connectivity index (χ3v) is 4.37. The van der Waals surface area contributed by atoms with Crippen molar-refractivity contribution in [1.29, 1.82) is 0 Å². The molecule has 5 heteroatoms. The van der Waals surface area contributed by atoms with E-state index in [1.807, 2.05) is 42.5 Å². The van der Waals surface area contributed by atoms with Crippen molar-refractivity contribution < 1.29 is 14.3 Å². The molecule has 1 N–H and O–H groups in total. The van der Waals surface area contributed by atoms with E-state index in [2.05, 4.69) is 4.98 Å². The molecule has 0 aliphatic carbocycles. The van der Waals surface area contributed by atoms with Crippen molar-refractivity contribution in [2.75, 3.05) is 7.11 Å². The average Bonchev–Trinajstić information content (AvgIpc) is 3.01. The number of hydrogen-bond acceptors (Lipinski definition) is 3. The zero-order valence-corrected chi connectivity index (χ0v) is 13.7. The molecule has 4 rings (SSSR count). The van der Waals surface area contributed by atoms with Crippen molar-refractivity contribution in [3.63, 3.8) is 0 Å². The van der Waals surface area contributed by atoms with Crippen LogP contribution < -0.4 is 4.74 Å². The molecule has 0 bridgehead atoms. The van der Waals surface area contributed by atoms with E-state index >= 15 is 0 Å². The summed E-state index contributed by atoms with van der Waals surface area (Å²) in [7, 11) is 1.37. The fourth-order valence-corrected chi connectivity index (χ4v) is 3.27. The van der Waals surface area contributed by atoms with E-state index in [9.17, 15) is 4.79 Å². The number of nitrogens with one attached hydrogen (secondary N) is 1. The van der Waals surface area contributed by atoms with Gasteiger partial charge in [0, 0.05) is 21.7 Å². The van der Waals surface area contributed by atoms with Gasteiger partial charge in [-0.3, -0.25) is 0 Å². The number of benzene rings is 2. The summed E-state index contributed by atoms with van der Waals surface area (Å²) in [5.41, 5.74) is 4.77. The van der Waals surface area contributed by atoms with E-state index in [0.29, 0.717) is 17.3 Å². The molecule has 0 fully saturated rings. The van der Waals surface area contributed by atoms with Crippen molar-refractivity contribution in [3.8, 4) is 28.1 Å². The lowest BCUT2D eigenvalue weighted by Gasteiger charge is -2.18. The zero-order chi connectivity index (χ0) is 16.7. The van der Waals surface area contributed by atoms with Gasteiger partial charge in [0.15, 0.2) is 0 Å². The first-order valence-corrected chi connectivity index (χ1v) is 7.88. The van der Waals surface area contributed by atoms with E-state index in [1.165, 1.54) is 7.11 Å². The molecule has 0 atom stereocenters. The highest BCUT2D eigenvalue weighted by molar-refractivity contribution is 6.30. The van der Waals surface area contributed by atoms with Gasteiger partial charge in [-0.25, -0.2) is 4.79 Å². The fraction of sp³-hybridized carbons (Fsp3) is 0.105. The van der Waals surface area contributed by atoms with Crippen molar-refractivity contribution >= 4 is 17.6 Å². The SMILES string of the molecule is COC(=O)c1[nH]c2c(c1-c1cccc(Cl)c1)COc1ccccc1-2. The molecule has 1 aliphatic heterocycles. The molecule has 2 aromatic carbocycles. The van der Waals surface area contributed by atoms with Gasteiger partial charge in [-0.2, -0.15) is 0 Å². The number of carbonyl (C=O) groups is 1. The second kappa shape index (κ2) is 5.73. The second-order valence-electron chi connectivity index (χ2n) is 5.52. The van der Waals surface area contributed by atoms with Gasteiger partial charge in [-0.1, -0.05) is 35.9 Å². The van der Waals surface area contributed by atoms with Crippen LogP contribution in [-0.2, 0) is 11.3 Å². The molecule has 0 spiro atoms. The average molecular weight is 340 g/mol. The molecule has 2 heterocycles. The normalized spacial score (nSPS) is 12.1. The summed E-state index contributed by atoms with van der Waals surface area (Å²) in [5.74, 6) is 0.372. The topological polar surface area (TPSA) is 51.3 Å². The lowest BCUT2D eigenvalue weighted by atomic mass is 9.96. The van der Waals surface area contributed by atoms with Gasteiger partial charge in [0.25, 0.3) is 0 Å². The van der Waals surface area contributed by atoms with Crippen LogP contribution in [0.25, 0.3) is 22.4 Å². The predicted octanol–water partition coefficient (Wildman–Crippen LogP) is 4.68. The number of methoxy groups -OCH3 is 1. The highest BCUT2D eigenvalue weighted by atomic mass is 35.5. The fourth-order valence-electron chi connectivity index (χ4n) is 3.08. The van der Waals surface area contributed by atoms with E-state index in [0.717, 1.165) is 33.7 Å². The van der Waals surface area contributed by atoms with Crippen molar-refractivity contribution in [2.45, 2.75) is 6.61 Å². The minimum Gasteiger partial charge on any atom is -0.488 e. The quantitative estimate of drug-likeness (QED) is 0.689. The van der Waals surface area contributed by atoms with Crippen LogP contribution in [0.4, 0.5) is 0 Å². The summed E-state index contributed by atoms with van der Waals surface area (Å²) in [5, 5.41) is 0.607. The maximum Gasteiger partial charge on any atom is 0.355 e. The summed E-state index contributed by atoms with van der Waals surface area (Å²) in [4.78, 5) is 15.5. The lowest BCUT2D eigenvalue weighted by Crippen LogP contribution is -2.05. The third kappa shape index (κ3) is 2.27. The Morgan fingerprint density at radius 1 is 1.21 bits per heavy atom. The Hall–Kier alpha value is -2.72. The van der Waals surface area contributed by atoms with E-state index < -0.39 is 5.97 Å². The van der Waals surface area contributed by atoms with E-state index in [-0.39, 0.29) is 0 Å². The molecular formula is C19H14ClNO3. The van der Waals surface area contributed by atoms with Crippen LogP contribution in [0.2, 0.25) is 5.02 Å². The molecule has 120 valence electrons. The first-order valence-electron chi connectivity index (χ1n) is 7.50. The minimum absolute atomic E-state index is 0.377. The summed E-state index contributed by atoms with van der Waals surface area (Å²) in [6.07, 6.45) is 0. The highest BCUT2D eigenvalue weighted by Gasteiger charge is 2.28. The molecule has 0 radical (unpaired) electrons. The number of esters is 1. The number of ether oxygens (including phenoxy) is 2. The number of rotatable bonds is 2. The Bertz CT molecular complexity index is 946. The summed E-state index contributed by atoms with van der Waals surface area (Å²) in [6, 6.07) is 15.1. The van der Waals surface area contributed by atoms with Crippen LogP contribution in [0, 0.1) is 0 Å². The Morgan fingerprint density at radius 2 is 2.04 bits per heavy atom. The van der Waals surface area contributed by atoms with Gasteiger partial charge < -0.3 is 14.5 Å². The van der Waals surface area contributed by atoms with Crippen molar-refractivity contribution in [1.82, 2.24) is 4.98 Å². The second-order valence-corrected chi connectivity index (χ2v) is 5.95. The van der Waals surface area contributed by atoms with Crippen molar-refractivity contribution in [3.05, 3.63) is 64.8 Å². The largest absolute Gasteiger partial charge is 0.488 e. The van der Waals surface area contributed by atoms with Gasteiger partial charge in [-0.05, 0) is 29.8 Å². The highest BCUT2D eigenvalue weighted by Crippen LogP contribution is 2.43. The van der Waals surface area contributed by atoms with Crippen LogP contribution in [0.3, 0.4) is 0 Å². The number of H-pyrrole nitrogens is 1. The van der Waals surface area contributed by atoms with Crippen LogP contribution >= 0.6 is 11.6 Å². The molecule has 0 amide bonds. The number of aromatic nitrogens is 1. The predicted molar refractivity (Wildman–Crippen MR) is 92.3 cm³/mol. The molecule has 1 aliphatic rings. The van der Waals surface area contributed by atoms with Crippen LogP contribution in [-0.4, -0.2) is 18.1 Å². The monoisotopic (exact) mass is 339 g/mol. The lowest BCUT2D eigenvalue weighted by molar-refractivity contribution is 0.0596. The first kappa shape index (κ1) is 14.8. The summed E-state index contributed by atoms with van der Waals surface area (Å²) in [6.45, 7) is 0.377. The number of para-hydroxylation sites is 1. The Balaban J connectivity index is 2.00. The molecule has 3 aromatic rings. The molecule has 0 unspecified atom stereocenters. The standard InChI is InChI=1S/C19H14ClNO3/c1-23-19(22)18-16(11-5-4-6-12(20)9-11)14-10-24-15-8-3-2-7-13(15)17(14)21-18/h2-9,21H,10H2,1H3. The Kier molecular flexibility index (Phi) is 3.54. The number of aromatic amines is 1.